The maximum absolute atomic E-state index is 5.99. The third-order valence-electron chi connectivity index (χ3n) is 5.11. The standard InChI is InChI=1S/C26H25NO/c1-19-8-9-22(20(2)16-19)10-13-26-25-12-11-24(17-23(25)14-15-27-26)28-18-21-6-4-3-5-7-21/h3-13,16-17H,14-15,18H2,1-2H3. The molecule has 0 fully saturated rings. The Hall–Kier alpha value is -3.13. The number of hydrogen-bond donors (Lipinski definition) is 0. The van der Waals surface area contributed by atoms with Gasteiger partial charge in [0.25, 0.3) is 0 Å². The van der Waals surface area contributed by atoms with Gasteiger partial charge in [0, 0.05) is 12.1 Å². The Balaban J connectivity index is 1.51. The summed E-state index contributed by atoms with van der Waals surface area (Å²) in [5.74, 6) is 0.919. The molecule has 3 aromatic rings. The van der Waals surface area contributed by atoms with E-state index in [1.54, 1.807) is 0 Å². The molecule has 0 saturated heterocycles. The van der Waals surface area contributed by atoms with Gasteiger partial charge < -0.3 is 4.74 Å². The lowest BCUT2D eigenvalue weighted by Crippen LogP contribution is -2.11. The minimum Gasteiger partial charge on any atom is -0.489 e. The fourth-order valence-electron chi connectivity index (χ4n) is 3.56. The minimum atomic E-state index is 0.590. The minimum absolute atomic E-state index is 0.590. The molecule has 0 radical (unpaired) electrons. The lowest BCUT2D eigenvalue weighted by Gasteiger charge is -2.16. The van der Waals surface area contributed by atoms with E-state index in [0.717, 1.165) is 24.4 Å². The lowest BCUT2D eigenvalue weighted by molar-refractivity contribution is 0.306. The fourth-order valence-corrected chi connectivity index (χ4v) is 3.56. The number of allylic oxidation sites excluding steroid dienone is 1. The SMILES string of the molecule is Cc1ccc(C=CC2=NCCc3cc(OCc4ccccc4)ccc32)c(C)c1. The van der Waals surface area contributed by atoms with E-state index in [9.17, 15) is 0 Å². The molecular formula is C26H25NO. The van der Waals surface area contributed by atoms with Crippen LogP contribution in [-0.4, -0.2) is 12.3 Å². The van der Waals surface area contributed by atoms with Gasteiger partial charge in [-0.1, -0.05) is 60.2 Å². The van der Waals surface area contributed by atoms with Crippen molar-refractivity contribution < 1.29 is 4.74 Å². The van der Waals surface area contributed by atoms with Crippen molar-refractivity contribution in [2.45, 2.75) is 26.9 Å². The summed E-state index contributed by atoms with van der Waals surface area (Å²) < 4.78 is 5.99. The van der Waals surface area contributed by atoms with Gasteiger partial charge in [0.15, 0.2) is 0 Å². The molecule has 0 atom stereocenters. The van der Waals surface area contributed by atoms with E-state index < -0.39 is 0 Å². The van der Waals surface area contributed by atoms with E-state index in [2.05, 4.69) is 68.5 Å². The molecule has 1 aliphatic rings. The van der Waals surface area contributed by atoms with Gasteiger partial charge in [0.05, 0.1) is 5.71 Å². The Bertz CT molecular complexity index is 1030. The van der Waals surface area contributed by atoms with Gasteiger partial charge in [0.2, 0.25) is 0 Å². The summed E-state index contributed by atoms with van der Waals surface area (Å²) in [7, 11) is 0. The van der Waals surface area contributed by atoms with Crippen molar-refractivity contribution in [3.63, 3.8) is 0 Å². The number of ether oxygens (including phenoxy) is 1. The van der Waals surface area contributed by atoms with Crippen LogP contribution in [0.15, 0.2) is 77.8 Å². The number of aryl methyl sites for hydroxylation is 2. The molecule has 1 aliphatic heterocycles. The summed E-state index contributed by atoms with van der Waals surface area (Å²) in [4.78, 5) is 4.75. The Kier molecular flexibility index (Phi) is 5.38. The van der Waals surface area contributed by atoms with Crippen LogP contribution >= 0.6 is 0 Å². The maximum atomic E-state index is 5.99. The maximum Gasteiger partial charge on any atom is 0.120 e. The molecular weight excluding hydrogens is 342 g/mol. The largest absolute Gasteiger partial charge is 0.489 e. The van der Waals surface area contributed by atoms with Crippen LogP contribution in [0.25, 0.3) is 6.08 Å². The Labute approximate surface area is 167 Å². The third-order valence-corrected chi connectivity index (χ3v) is 5.11. The van der Waals surface area contributed by atoms with Crippen LogP contribution in [0.1, 0.15) is 33.4 Å². The van der Waals surface area contributed by atoms with Crippen LogP contribution in [-0.2, 0) is 13.0 Å². The first-order chi connectivity index (χ1) is 13.7. The van der Waals surface area contributed by atoms with Crippen molar-refractivity contribution in [2.75, 3.05) is 6.54 Å². The fraction of sp³-hybridized carbons (Fsp3) is 0.192. The Morgan fingerprint density at radius 2 is 1.79 bits per heavy atom. The van der Waals surface area contributed by atoms with Crippen molar-refractivity contribution in [3.8, 4) is 5.75 Å². The monoisotopic (exact) mass is 367 g/mol. The predicted molar refractivity (Wildman–Crippen MR) is 117 cm³/mol. The van der Waals surface area contributed by atoms with Crippen LogP contribution < -0.4 is 4.74 Å². The van der Waals surface area contributed by atoms with Crippen LogP contribution in [0, 0.1) is 13.8 Å². The first kappa shape index (κ1) is 18.2. The Morgan fingerprint density at radius 3 is 2.61 bits per heavy atom. The summed E-state index contributed by atoms with van der Waals surface area (Å²) in [6.07, 6.45) is 5.27. The third kappa shape index (κ3) is 4.23. The second-order valence-electron chi connectivity index (χ2n) is 7.30. The van der Waals surface area contributed by atoms with Crippen LogP contribution in [0.4, 0.5) is 0 Å². The summed E-state index contributed by atoms with van der Waals surface area (Å²) in [6.45, 7) is 5.69. The molecule has 1 heterocycles. The molecule has 3 aromatic carbocycles. The van der Waals surface area contributed by atoms with E-state index >= 15 is 0 Å². The van der Waals surface area contributed by atoms with E-state index in [1.165, 1.54) is 33.4 Å². The molecule has 28 heavy (non-hydrogen) atoms. The van der Waals surface area contributed by atoms with Crippen molar-refractivity contribution in [2.24, 2.45) is 4.99 Å². The van der Waals surface area contributed by atoms with Crippen LogP contribution in [0.5, 0.6) is 5.75 Å². The van der Waals surface area contributed by atoms with Gasteiger partial charge in [-0.2, -0.15) is 0 Å². The van der Waals surface area contributed by atoms with E-state index in [-0.39, 0.29) is 0 Å². The van der Waals surface area contributed by atoms with Crippen molar-refractivity contribution in [1.29, 1.82) is 0 Å². The molecule has 0 saturated carbocycles. The quantitative estimate of drug-likeness (QED) is 0.547. The van der Waals surface area contributed by atoms with E-state index in [0.29, 0.717) is 6.61 Å². The molecule has 2 nitrogen and oxygen atoms in total. The number of benzene rings is 3. The number of aliphatic imine (C=N–C) groups is 1. The average Bonchev–Trinajstić information content (AvgIpc) is 2.72. The second kappa shape index (κ2) is 8.26. The predicted octanol–water partition coefficient (Wildman–Crippen LogP) is 5.94. The van der Waals surface area contributed by atoms with E-state index in [1.807, 2.05) is 24.3 Å². The normalized spacial score (nSPS) is 13.3. The van der Waals surface area contributed by atoms with Gasteiger partial charge >= 0.3 is 0 Å². The number of hydrogen-bond acceptors (Lipinski definition) is 2. The average molecular weight is 367 g/mol. The topological polar surface area (TPSA) is 21.6 Å². The van der Waals surface area contributed by atoms with Gasteiger partial charge in [-0.05, 0) is 66.8 Å². The van der Waals surface area contributed by atoms with Crippen LogP contribution in [0.3, 0.4) is 0 Å². The van der Waals surface area contributed by atoms with Gasteiger partial charge in [-0.25, -0.2) is 0 Å². The number of nitrogens with zero attached hydrogens (tertiary/aromatic N) is 1. The zero-order valence-electron chi connectivity index (χ0n) is 16.5. The molecule has 140 valence electrons. The first-order valence-corrected chi connectivity index (χ1v) is 9.79. The highest BCUT2D eigenvalue weighted by atomic mass is 16.5. The molecule has 0 amide bonds. The van der Waals surface area contributed by atoms with Crippen molar-refractivity contribution in [3.05, 3.63) is 106 Å². The smallest absolute Gasteiger partial charge is 0.120 e. The zero-order valence-corrected chi connectivity index (χ0v) is 16.5. The number of fused-ring (bicyclic) bond motifs is 1. The molecule has 0 unspecified atom stereocenters. The molecule has 0 spiro atoms. The van der Waals surface area contributed by atoms with Gasteiger partial charge in [-0.15, -0.1) is 0 Å². The second-order valence-corrected chi connectivity index (χ2v) is 7.30. The summed E-state index contributed by atoms with van der Waals surface area (Å²) in [5, 5.41) is 0. The molecule has 0 N–H and O–H groups in total. The molecule has 0 aliphatic carbocycles. The van der Waals surface area contributed by atoms with Crippen molar-refractivity contribution in [1.82, 2.24) is 0 Å². The highest BCUT2D eigenvalue weighted by Crippen LogP contribution is 2.24. The van der Waals surface area contributed by atoms with Crippen molar-refractivity contribution >= 4 is 11.8 Å². The summed E-state index contributed by atoms with van der Waals surface area (Å²) in [6, 6.07) is 23.2. The molecule has 2 heteroatoms. The Morgan fingerprint density at radius 1 is 0.929 bits per heavy atom. The van der Waals surface area contributed by atoms with Crippen LogP contribution in [0.2, 0.25) is 0 Å². The van der Waals surface area contributed by atoms with Gasteiger partial charge in [0.1, 0.15) is 12.4 Å². The zero-order chi connectivity index (χ0) is 19.3. The molecule has 4 rings (SSSR count). The highest BCUT2D eigenvalue weighted by molar-refractivity contribution is 6.12. The first-order valence-electron chi connectivity index (χ1n) is 9.79. The summed E-state index contributed by atoms with van der Waals surface area (Å²) in [5.41, 5.74) is 8.56. The lowest BCUT2D eigenvalue weighted by atomic mass is 9.96. The number of rotatable bonds is 5. The molecule has 0 aromatic heterocycles. The molecule has 0 bridgehead atoms. The van der Waals surface area contributed by atoms with Gasteiger partial charge in [-0.3, -0.25) is 4.99 Å². The highest BCUT2D eigenvalue weighted by Gasteiger charge is 2.13. The van der Waals surface area contributed by atoms with E-state index in [4.69, 9.17) is 9.73 Å². The summed E-state index contributed by atoms with van der Waals surface area (Å²) >= 11 is 0.